The molecular weight excluding hydrogens is 542 g/mol. The van der Waals surface area contributed by atoms with Gasteiger partial charge < -0.3 is 42.5 Å². The van der Waals surface area contributed by atoms with Gasteiger partial charge in [-0.05, 0) is 36.6 Å². The van der Waals surface area contributed by atoms with E-state index in [1.807, 2.05) is 48.5 Å². The van der Waals surface area contributed by atoms with Gasteiger partial charge in [0, 0.05) is 40.6 Å². The molecule has 4 unspecified atom stereocenters. The lowest BCUT2D eigenvalue weighted by molar-refractivity contribution is -0.142. The molecular formula is C29H33N7O6. The number of hydrogen-bond donors (Lipinski definition) is 8. The number of para-hydroxylation sites is 2. The van der Waals surface area contributed by atoms with Gasteiger partial charge in [0.05, 0.1) is 12.5 Å². The molecule has 4 aromatic rings. The fourth-order valence-electron chi connectivity index (χ4n) is 4.72. The Morgan fingerprint density at radius 2 is 1.29 bits per heavy atom. The van der Waals surface area contributed by atoms with Gasteiger partial charge >= 0.3 is 5.97 Å². The Morgan fingerprint density at radius 1 is 0.762 bits per heavy atom. The zero-order valence-electron chi connectivity index (χ0n) is 22.8. The third kappa shape index (κ3) is 7.12. The van der Waals surface area contributed by atoms with Gasteiger partial charge in [-0.2, -0.15) is 0 Å². The molecule has 10 N–H and O–H groups in total. The lowest BCUT2D eigenvalue weighted by Crippen LogP contribution is -2.57. The summed E-state index contributed by atoms with van der Waals surface area (Å²) in [6.45, 7) is 1.35. The number of carbonyl (C=O) groups excluding carboxylic acids is 4. The molecule has 4 amide bonds. The maximum atomic E-state index is 13.0. The number of nitrogens with two attached hydrogens (primary N) is 2. The number of fused-ring (bicyclic) bond motifs is 2. The van der Waals surface area contributed by atoms with Crippen molar-refractivity contribution in [3.8, 4) is 0 Å². The maximum Gasteiger partial charge on any atom is 0.326 e. The first-order valence-electron chi connectivity index (χ1n) is 13.3. The monoisotopic (exact) mass is 575 g/mol. The molecule has 0 spiro atoms. The third-order valence-electron chi connectivity index (χ3n) is 6.96. The number of primary amides is 1. The van der Waals surface area contributed by atoms with Crippen LogP contribution in [-0.2, 0) is 36.8 Å². The van der Waals surface area contributed by atoms with Crippen LogP contribution < -0.4 is 27.4 Å². The number of rotatable bonds is 13. The van der Waals surface area contributed by atoms with Crippen LogP contribution in [0.2, 0.25) is 0 Å². The summed E-state index contributed by atoms with van der Waals surface area (Å²) in [4.78, 5) is 68.4. The van der Waals surface area contributed by atoms with E-state index in [9.17, 15) is 29.1 Å². The highest BCUT2D eigenvalue weighted by molar-refractivity contribution is 5.96. The summed E-state index contributed by atoms with van der Waals surface area (Å²) in [6, 6.07) is 9.92. The number of aromatic amines is 2. The standard InChI is InChI=1S/C29H33N7O6/c1-15(26(38)36-24(29(41)42)11-17-14-33-22-9-5-3-7-19(17)22)34-28(40)23(12-25(31)37)35-27(39)20(30)10-16-13-32-21-8-4-2-6-18(16)21/h2-9,13-15,20,23-24,32-33H,10-12,30H2,1H3,(H2,31,37)(H,34,40)(H,35,39)(H,36,38)(H,41,42). The molecule has 0 bridgehead atoms. The highest BCUT2D eigenvalue weighted by atomic mass is 16.4. The number of carboxylic acids is 1. The van der Waals surface area contributed by atoms with Crippen LogP contribution in [-0.4, -0.2) is 68.8 Å². The average molecular weight is 576 g/mol. The molecule has 0 aliphatic rings. The molecule has 0 radical (unpaired) electrons. The van der Waals surface area contributed by atoms with Crippen LogP contribution in [0.1, 0.15) is 24.5 Å². The number of hydrogen-bond acceptors (Lipinski definition) is 6. The predicted molar refractivity (Wildman–Crippen MR) is 155 cm³/mol. The molecule has 42 heavy (non-hydrogen) atoms. The van der Waals surface area contributed by atoms with Gasteiger partial charge in [0.2, 0.25) is 23.6 Å². The number of carboxylic acid groups (broad SMARTS) is 1. The largest absolute Gasteiger partial charge is 0.480 e. The second-order valence-corrected chi connectivity index (χ2v) is 10.1. The third-order valence-corrected chi connectivity index (χ3v) is 6.96. The molecule has 0 saturated heterocycles. The maximum absolute atomic E-state index is 13.0. The predicted octanol–water partition coefficient (Wildman–Crippen LogP) is 0.196. The van der Waals surface area contributed by atoms with Gasteiger partial charge in [-0.25, -0.2) is 4.79 Å². The Hall–Kier alpha value is -5.17. The summed E-state index contributed by atoms with van der Waals surface area (Å²) in [7, 11) is 0. The highest BCUT2D eigenvalue weighted by Gasteiger charge is 2.30. The van der Waals surface area contributed by atoms with Crippen molar-refractivity contribution >= 4 is 51.4 Å². The molecule has 4 atom stereocenters. The summed E-state index contributed by atoms with van der Waals surface area (Å²) in [6.07, 6.45) is 3.05. The van der Waals surface area contributed by atoms with E-state index in [0.717, 1.165) is 27.4 Å². The van der Waals surface area contributed by atoms with Crippen LogP contribution in [0.15, 0.2) is 60.9 Å². The summed E-state index contributed by atoms with van der Waals surface area (Å²) in [5.74, 6) is -4.43. The first-order chi connectivity index (χ1) is 20.0. The van der Waals surface area contributed by atoms with Crippen molar-refractivity contribution in [2.24, 2.45) is 11.5 Å². The number of amides is 4. The van der Waals surface area contributed by atoms with Crippen LogP contribution in [0.25, 0.3) is 21.8 Å². The van der Waals surface area contributed by atoms with Gasteiger partial charge in [0.1, 0.15) is 18.1 Å². The number of benzene rings is 2. The second kappa shape index (κ2) is 13.0. The SMILES string of the molecule is CC(NC(=O)C(CC(N)=O)NC(=O)C(N)Cc1c[nH]c2ccccc12)C(=O)NC(Cc1c[nH]c2ccccc12)C(=O)O. The zero-order valence-corrected chi connectivity index (χ0v) is 22.8. The number of aliphatic carboxylic acids is 1. The number of aromatic nitrogens is 2. The van der Waals surface area contributed by atoms with Gasteiger partial charge in [0.25, 0.3) is 0 Å². The normalized spacial score (nSPS) is 14.0. The Labute approximate surface area is 240 Å². The Morgan fingerprint density at radius 3 is 1.83 bits per heavy atom. The minimum atomic E-state index is -1.40. The number of carbonyl (C=O) groups is 5. The van der Waals surface area contributed by atoms with E-state index in [4.69, 9.17) is 11.5 Å². The minimum absolute atomic E-state index is 0.000425. The van der Waals surface area contributed by atoms with Crippen LogP contribution >= 0.6 is 0 Å². The summed E-state index contributed by atoms with van der Waals surface area (Å²) in [5, 5.41) is 18.7. The van der Waals surface area contributed by atoms with Crippen molar-refractivity contribution in [2.75, 3.05) is 0 Å². The molecule has 13 heteroatoms. The smallest absolute Gasteiger partial charge is 0.326 e. The molecule has 0 fully saturated rings. The Balaban J connectivity index is 1.36. The Bertz CT molecular complexity index is 1630. The van der Waals surface area contributed by atoms with Crippen LogP contribution in [0, 0.1) is 0 Å². The molecule has 2 aromatic heterocycles. The molecule has 0 aliphatic heterocycles. The fourth-order valence-corrected chi connectivity index (χ4v) is 4.72. The first kappa shape index (κ1) is 29.8. The first-order valence-corrected chi connectivity index (χ1v) is 13.3. The molecule has 2 aromatic carbocycles. The van der Waals surface area contributed by atoms with E-state index in [1.165, 1.54) is 6.92 Å². The van der Waals surface area contributed by atoms with Crippen molar-refractivity contribution < 1.29 is 29.1 Å². The van der Waals surface area contributed by atoms with Gasteiger partial charge in [-0.15, -0.1) is 0 Å². The minimum Gasteiger partial charge on any atom is -0.480 e. The van der Waals surface area contributed by atoms with Crippen molar-refractivity contribution in [3.63, 3.8) is 0 Å². The molecule has 0 aliphatic carbocycles. The molecule has 13 nitrogen and oxygen atoms in total. The molecule has 0 saturated carbocycles. The fraction of sp³-hybridized carbons (Fsp3) is 0.276. The van der Waals surface area contributed by atoms with Crippen molar-refractivity contribution in [1.29, 1.82) is 0 Å². The number of H-pyrrole nitrogens is 2. The van der Waals surface area contributed by atoms with Crippen molar-refractivity contribution in [2.45, 2.75) is 50.4 Å². The van der Waals surface area contributed by atoms with Crippen molar-refractivity contribution in [1.82, 2.24) is 25.9 Å². The lowest BCUT2D eigenvalue weighted by Gasteiger charge is -2.23. The van der Waals surface area contributed by atoms with E-state index < -0.39 is 60.2 Å². The number of nitrogens with one attached hydrogen (secondary N) is 5. The highest BCUT2D eigenvalue weighted by Crippen LogP contribution is 2.20. The van der Waals surface area contributed by atoms with Crippen LogP contribution in [0.4, 0.5) is 0 Å². The summed E-state index contributed by atoms with van der Waals surface area (Å²) < 4.78 is 0. The van der Waals surface area contributed by atoms with Crippen molar-refractivity contribution in [3.05, 3.63) is 72.1 Å². The van der Waals surface area contributed by atoms with E-state index in [2.05, 4.69) is 25.9 Å². The van der Waals surface area contributed by atoms with Gasteiger partial charge in [-0.1, -0.05) is 36.4 Å². The van der Waals surface area contributed by atoms with E-state index in [-0.39, 0.29) is 12.8 Å². The summed E-state index contributed by atoms with van der Waals surface area (Å²) >= 11 is 0. The van der Waals surface area contributed by atoms with Crippen LogP contribution in [0.3, 0.4) is 0 Å². The average Bonchev–Trinajstić information content (AvgIpc) is 3.56. The van der Waals surface area contributed by atoms with Gasteiger partial charge in [0.15, 0.2) is 0 Å². The van der Waals surface area contributed by atoms with E-state index in [0.29, 0.717) is 5.56 Å². The molecule has 220 valence electrons. The topological polar surface area (TPSA) is 225 Å². The zero-order chi connectivity index (χ0) is 30.4. The van der Waals surface area contributed by atoms with E-state index >= 15 is 0 Å². The van der Waals surface area contributed by atoms with Gasteiger partial charge in [-0.3, -0.25) is 19.2 Å². The lowest BCUT2D eigenvalue weighted by atomic mass is 10.0. The van der Waals surface area contributed by atoms with E-state index in [1.54, 1.807) is 12.4 Å². The molecule has 4 rings (SSSR count). The Kier molecular flexibility index (Phi) is 9.22. The molecule has 2 heterocycles. The second-order valence-electron chi connectivity index (χ2n) is 10.1. The van der Waals surface area contributed by atoms with Crippen LogP contribution in [0.5, 0.6) is 0 Å². The summed E-state index contributed by atoms with van der Waals surface area (Å²) in [5.41, 5.74) is 14.6. The quantitative estimate of drug-likeness (QED) is 0.110.